The van der Waals surface area contributed by atoms with E-state index in [1.807, 2.05) is 18.8 Å². The normalized spacial score (nSPS) is 15.5. The summed E-state index contributed by atoms with van der Waals surface area (Å²) < 4.78 is 3.58. The third kappa shape index (κ3) is 2.96. The molecule has 0 atom stereocenters. The summed E-state index contributed by atoms with van der Waals surface area (Å²) in [4.78, 5) is 13.7. The van der Waals surface area contributed by atoms with Crippen molar-refractivity contribution in [2.24, 2.45) is 14.1 Å². The summed E-state index contributed by atoms with van der Waals surface area (Å²) in [6.07, 6.45) is 2.80. The Bertz CT molecular complexity index is 782. The van der Waals surface area contributed by atoms with E-state index in [4.69, 9.17) is 0 Å². The van der Waals surface area contributed by atoms with E-state index in [1.165, 1.54) is 5.56 Å². The maximum Gasteiger partial charge on any atom is 0.356 e. The molecule has 130 valence electrons. The zero-order valence-corrected chi connectivity index (χ0v) is 15.0. The van der Waals surface area contributed by atoms with Crippen molar-refractivity contribution in [3.63, 3.8) is 0 Å². The Labute approximate surface area is 141 Å². The van der Waals surface area contributed by atoms with Crippen LogP contribution in [0.3, 0.4) is 0 Å². The second-order valence-electron chi connectivity index (χ2n) is 7.59. The van der Waals surface area contributed by atoms with E-state index in [0.717, 1.165) is 36.5 Å². The van der Waals surface area contributed by atoms with E-state index in [-0.39, 0.29) is 11.1 Å². The Hall–Kier alpha value is -2.15. The fourth-order valence-corrected chi connectivity index (χ4v) is 3.46. The van der Waals surface area contributed by atoms with Crippen LogP contribution < -0.4 is 0 Å². The van der Waals surface area contributed by atoms with Gasteiger partial charge in [-0.15, -0.1) is 0 Å². The molecule has 3 rings (SSSR count). The molecule has 24 heavy (non-hydrogen) atoms. The molecule has 7 nitrogen and oxygen atoms in total. The molecule has 0 unspecified atom stereocenters. The molecule has 0 spiro atoms. The van der Waals surface area contributed by atoms with Gasteiger partial charge in [-0.05, 0) is 6.42 Å². The van der Waals surface area contributed by atoms with Gasteiger partial charge in [-0.1, -0.05) is 20.8 Å². The number of carboxylic acids is 1. The number of fused-ring (bicyclic) bond motifs is 1. The molecule has 0 radical (unpaired) electrons. The average Bonchev–Trinajstić information content (AvgIpc) is 3.00. The molecule has 3 heterocycles. The van der Waals surface area contributed by atoms with Crippen molar-refractivity contribution in [3.8, 4) is 0 Å². The SMILES string of the molecule is Cn1cc(CN2CCc3c(C(=O)O)nn(C)c3C2)c(C(C)(C)C)n1. The molecule has 0 bridgehead atoms. The van der Waals surface area contributed by atoms with Crippen LogP contribution in [0.15, 0.2) is 6.20 Å². The molecule has 7 heteroatoms. The van der Waals surface area contributed by atoms with E-state index in [9.17, 15) is 9.90 Å². The van der Waals surface area contributed by atoms with Crippen molar-refractivity contribution < 1.29 is 9.90 Å². The highest BCUT2D eigenvalue weighted by Gasteiger charge is 2.28. The first-order valence-corrected chi connectivity index (χ1v) is 8.20. The number of carboxylic acid groups (broad SMARTS) is 1. The number of hydrogen-bond donors (Lipinski definition) is 1. The lowest BCUT2D eigenvalue weighted by molar-refractivity contribution is 0.0688. The molecular formula is C17H25N5O2. The minimum Gasteiger partial charge on any atom is -0.476 e. The second-order valence-corrected chi connectivity index (χ2v) is 7.59. The zero-order valence-electron chi connectivity index (χ0n) is 15.0. The molecule has 2 aromatic rings. The van der Waals surface area contributed by atoms with Gasteiger partial charge >= 0.3 is 5.97 Å². The van der Waals surface area contributed by atoms with Crippen LogP contribution in [0.2, 0.25) is 0 Å². The van der Waals surface area contributed by atoms with Crippen molar-refractivity contribution >= 4 is 5.97 Å². The Morgan fingerprint density at radius 3 is 2.62 bits per heavy atom. The van der Waals surface area contributed by atoms with Crippen molar-refractivity contribution in [2.75, 3.05) is 6.54 Å². The van der Waals surface area contributed by atoms with Crippen LogP contribution in [0.4, 0.5) is 0 Å². The molecule has 1 N–H and O–H groups in total. The van der Waals surface area contributed by atoms with Gasteiger partial charge in [0.2, 0.25) is 0 Å². The molecule has 2 aromatic heterocycles. The Balaban J connectivity index is 1.84. The lowest BCUT2D eigenvalue weighted by Gasteiger charge is -2.28. The van der Waals surface area contributed by atoms with E-state index in [0.29, 0.717) is 6.54 Å². The smallest absolute Gasteiger partial charge is 0.356 e. The Morgan fingerprint density at radius 1 is 1.29 bits per heavy atom. The summed E-state index contributed by atoms with van der Waals surface area (Å²) in [6, 6.07) is 0. The number of aryl methyl sites for hydroxylation is 2. The first-order chi connectivity index (χ1) is 11.2. The van der Waals surface area contributed by atoms with Crippen LogP contribution in [-0.4, -0.2) is 42.1 Å². The van der Waals surface area contributed by atoms with Gasteiger partial charge in [0.05, 0.1) is 11.4 Å². The lowest BCUT2D eigenvalue weighted by atomic mass is 9.89. The third-order valence-electron chi connectivity index (χ3n) is 4.54. The van der Waals surface area contributed by atoms with Gasteiger partial charge < -0.3 is 5.11 Å². The van der Waals surface area contributed by atoms with Crippen molar-refractivity contribution in [1.82, 2.24) is 24.5 Å². The molecule has 0 amide bonds. The van der Waals surface area contributed by atoms with Gasteiger partial charge in [0.25, 0.3) is 0 Å². The second kappa shape index (κ2) is 5.73. The third-order valence-corrected chi connectivity index (χ3v) is 4.54. The predicted octanol–water partition coefficient (Wildman–Crippen LogP) is 1.71. The van der Waals surface area contributed by atoms with Crippen molar-refractivity contribution in [3.05, 3.63) is 34.4 Å². The highest BCUT2D eigenvalue weighted by Crippen LogP contribution is 2.28. The monoisotopic (exact) mass is 331 g/mol. The van der Waals surface area contributed by atoms with Crippen LogP contribution in [0.25, 0.3) is 0 Å². The molecule has 0 saturated carbocycles. The van der Waals surface area contributed by atoms with Gasteiger partial charge in [0.1, 0.15) is 0 Å². The summed E-state index contributed by atoms with van der Waals surface area (Å²) in [7, 11) is 3.77. The Morgan fingerprint density at radius 2 is 2.00 bits per heavy atom. The molecular weight excluding hydrogens is 306 g/mol. The first kappa shape index (κ1) is 16.7. The number of nitrogens with zero attached hydrogens (tertiary/aromatic N) is 5. The lowest BCUT2D eigenvalue weighted by Crippen LogP contribution is -2.32. The van der Waals surface area contributed by atoms with Crippen molar-refractivity contribution in [1.29, 1.82) is 0 Å². The molecule has 0 aromatic carbocycles. The standard InChI is InChI=1S/C17H25N5O2/c1-17(2,3)15-11(8-20(4)19-15)9-22-7-6-12-13(10-22)21(5)18-14(12)16(23)24/h8H,6-7,9-10H2,1-5H3,(H,23,24). The van der Waals surface area contributed by atoms with Gasteiger partial charge in [-0.3, -0.25) is 14.3 Å². The molecule has 1 aliphatic heterocycles. The minimum absolute atomic E-state index is 0.000542. The molecule has 0 fully saturated rings. The van der Waals surface area contributed by atoms with E-state index in [2.05, 4.69) is 42.1 Å². The van der Waals surface area contributed by atoms with E-state index in [1.54, 1.807) is 4.68 Å². The summed E-state index contributed by atoms with van der Waals surface area (Å²) >= 11 is 0. The van der Waals surface area contributed by atoms with E-state index >= 15 is 0 Å². The summed E-state index contributed by atoms with van der Waals surface area (Å²) in [5.41, 5.74) is 4.42. The van der Waals surface area contributed by atoms with Gasteiger partial charge in [0, 0.05) is 56.5 Å². The fourth-order valence-electron chi connectivity index (χ4n) is 3.46. The summed E-state index contributed by atoms with van der Waals surface area (Å²) in [5, 5.41) is 18.1. The maximum absolute atomic E-state index is 11.3. The van der Waals surface area contributed by atoms with Crippen LogP contribution in [0.5, 0.6) is 0 Å². The summed E-state index contributed by atoms with van der Waals surface area (Å²) in [5.74, 6) is -0.942. The average molecular weight is 331 g/mol. The van der Waals surface area contributed by atoms with Gasteiger partial charge in [-0.25, -0.2) is 4.79 Å². The van der Waals surface area contributed by atoms with Crippen LogP contribution >= 0.6 is 0 Å². The molecule has 0 saturated heterocycles. The van der Waals surface area contributed by atoms with Crippen molar-refractivity contribution in [2.45, 2.75) is 45.7 Å². The van der Waals surface area contributed by atoms with E-state index < -0.39 is 5.97 Å². The Kier molecular flexibility index (Phi) is 3.99. The van der Waals surface area contributed by atoms with Gasteiger partial charge in [0.15, 0.2) is 5.69 Å². The molecule has 0 aliphatic carbocycles. The highest BCUT2D eigenvalue weighted by molar-refractivity contribution is 5.87. The number of hydrogen-bond acceptors (Lipinski definition) is 4. The largest absolute Gasteiger partial charge is 0.476 e. The number of aromatic carboxylic acids is 1. The van der Waals surface area contributed by atoms with Gasteiger partial charge in [-0.2, -0.15) is 10.2 Å². The minimum atomic E-state index is -0.942. The topological polar surface area (TPSA) is 76.2 Å². The first-order valence-electron chi connectivity index (χ1n) is 8.20. The molecule has 1 aliphatic rings. The maximum atomic E-state index is 11.3. The number of rotatable bonds is 3. The summed E-state index contributed by atoms with van der Waals surface area (Å²) in [6.45, 7) is 8.88. The van der Waals surface area contributed by atoms with Crippen LogP contribution in [0.1, 0.15) is 53.8 Å². The highest BCUT2D eigenvalue weighted by atomic mass is 16.4. The van der Waals surface area contributed by atoms with Crippen LogP contribution in [-0.2, 0) is 39.0 Å². The quantitative estimate of drug-likeness (QED) is 0.926. The number of aromatic nitrogens is 4. The van der Waals surface area contributed by atoms with Crippen LogP contribution in [0, 0.1) is 0 Å². The zero-order chi connectivity index (χ0) is 17.6. The predicted molar refractivity (Wildman–Crippen MR) is 89.9 cm³/mol. The number of carbonyl (C=O) groups is 1. The fraction of sp³-hybridized carbons (Fsp3) is 0.588.